The van der Waals surface area contributed by atoms with Crippen LogP contribution in [0.5, 0.6) is 5.75 Å². The van der Waals surface area contributed by atoms with E-state index in [9.17, 15) is 0 Å². The van der Waals surface area contributed by atoms with Gasteiger partial charge in [0.05, 0.1) is 5.69 Å². The Balaban J connectivity index is 1.85. The van der Waals surface area contributed by atoms with Gasteiger partial charge in [-0.05, 0) is 45.8 Å². The Kier molecular flexibility index (Phi) is 4.12. The normalized spacial score (nSPS) is 10.4. The van der Waals surface area contributed by atoms with Gasteiger partial charge in [-0.25, -0.2) is 4.98 Å². The maximum absolute atomic E-state index is 9.16. The minimum absolute atomic E-state index is 0.294. The van der Waals surface area contributed by atoms with E-state index in [1.807, 2.05) is 30.3 Å². The third-order valence-corrected chi connectivity index (χ3v) is 2.79. The number of pyridine rings is 1. The first-order chi connectivity index (χ1) is 8.24. The molecule has 2 N–H and O–H groups in total. The van der Waals surface area contributed by atoms with Crippen molar-refractivity contribution in [3.63, 3.8) is 0 Å². The van der Waals surface area contributed by atoms with Crippen LogP contribution in [0.25, 0.3) is 0 Å². The van der Waals surface area contributed by atoms with Gasteiger partial charge < -0.3 is 10.4 Å². The lowest BCUT2D eigenvalue weighted by Gasteiger charge is -2.05. The SMILES string of the molecule is Oc1ccc(CNCc2cccc(Br)n2)cc1. The Morgan fingerprint density at radius 2 is 1.82 bits per heavy atom. The van der Waals surface area contributed by atoms with Crippen LogP contribution in [0.3, 0.4) is 0 Å². The van der Waals surface area contributed by atoms with Crippen LogP contribution >= 0.6 is 15.9 Å². The average Bonchev–Trinajstić information content (AvgIpc) is 2.32. The van der Waals surface area contributed by atoms with Crippen molar-refractivity contribution in [3.8, 4) is 5.75 Å². The fraction of sp³-hybridized carbons (Fsp3) is 0.154. The second kappa shape index (κ2) is 5.80. The molecule has 0 spiro atoms. The molecule has 0 aliphatic carbocycles. The number of benzene rings is 1. The van der Waals surface area contributed by atoms with Crippen LogP contribution in [0.2, 0.25) is 0 Å². The molecule has 17 heavy (non-hydrogen) atoms. The standard InChI is InChI=1S/C13H13BrN2O/c14-13-3-1-2-11(16-13)9-15-8-10-4-6-12(17)7-5-10/h1-7,15,17H,8-9H2. The molecule has 0 radical (unpaired) electrons. The highest BCUT2D eigenvalue weighted by atomic mass is 79.9. The molecule has 1 aromatic heterocycles. The molecule has 0 bridgehead atoms. The lowest BCUT2D eigenvalue weighted by atomic mass is 10.2. The first kappa shape index (κ1) is 12.1. The van der Waals surface area contributed by atoms with Crippen molar-refractivity contribution in [1.82, 2.24) is 10.3 Å². The predicted molar refractivity (Wildman–Crippen MR) is 70.6 cm³/mol. The van der Waals surface area contributed by atoms with Gasteiger partial charge in [0.2, 0.25) is 0 Å². The molecule has 0 atom stereocenters. The molecular weight excluding hydrogens is 280 g/mol. The predicted octanol–water partition coefficient (Wildman–Crippen LogP) is 2.84. The van der Waals surface area contributed by atoms with Crippen molar-refractivity contribution in [3.05, 3.63) is 58.3 Å². The number of aromatic nitrogens is 1. The van der Waals surface area contributed by atoms with Gasteiger partial charge in [0.15, 0.2) is 0 Å². The number of nitrogens with one attached hydrogen (secondary N) is 1. The number of phenols is 1. The summed E-state index contributed by atoms with van der Waals surface area (Å²) in [6.07, 6.45) is 0. The zero-order valence-corrected chi connectivity index (χ0v) is 10.8. The van der Waals surface area contributed by atoms with Gasteiger partial charge in [-0.3, -0.25) is 0 Å². The molecule has 0 aliphatic rings. The molecule has 88 valence electrons. The molecular formula is C13H13BrN2O. The van der Waals surface area contributed by atoms with Crippen LogP contribution in [0.1, 0.15) is 11.3 Å². The van der Waals surface area contributed by atoms with Crippen LogP contribution in [-0.4, -0.2) is 10.1 Å². The lowest BCUT2D eigenvalue weighted by molar-refractivity contribution is 0.475. The minimum Gasteiger partial charge on any atom is -0.508 e. The molecule has 4 heteroatoms. The molecule has 2 rings (SSSR count). The Morgan fingerprint density at radius 3 is 2.53 bits per heavy atom. The second-order valence-corrected chi connectivity index (χ2v) is 4.53. The molecule has 0 unspecified atom stereocenters. The van der Waals surface area contributed by atoms with E-state index in [1.54, 1.807) is 12.1 Å². The Labute approximate surface area is 109 Å². The van der Waals surface area contributed by atoms with Gasteiger partial charge in [-0.1, -0.05) is 18.2 Å². The molecule has 0 aliphatic heterocycles. The zero-order valence-electron chi connectivity index (χ0n) is 9.23. The van der Waals surface area contributed by atoms with E-state index in [2.05, 4.69) is 26.2 Å². The van der Waals surface area contributed by atoms with Crippen LogP contribution < -0.4 is 5.32 Å². The van der Waals surface area contributed by atoms with Crippen LogP contribution in [-0.2, 0) is 13.1 Å². The van der Waals surface area contributed by atoms with E-state index in [0.717, 1.165) is 29.0 Å². The summed E-state index contributed by atoms with van der Waals surface area (Å²) in [4.78, 5) is 4.33. The molecule has 1 heterocycles. The first-order valence-electron chi connectivity index (χ1n) is 5.34. The molecule has 0 fully saturated rings. The Bertz CT molecular complexity index is 485. The molecule has 0 saturated carbocycles. The molecule has 2 aromatic rings. The van der Waals surface area contributed by atoms with E-state index >= 15 is 0 Å². The number of halogens is 1. The van der Waals surface area contributed by atoms with Gasteiger partial charge in [0.1, 0.15) is 10.4 Å². The Hall–Kier alpha value is -1.39. The maximum Gasteiger partial charge on any atom is 0.115 e. The van der Waals surface area contributed by atoms with Gasteiger partial charge in [-0.15, -0.1) is 0 Å². The number of nitrogens with zero attached hydrogens (tertiary/aromatic N) is 1. The van der Waals surface area contributed by atoms with E-state index in [-0.39, 0.29) is 0 Å². The molecule has 3 nitrogen and oxygen atoms in total. The third-order valence-electron chi connectivity index (χ3n) is 2.34. The van der Waals surface area contributed by atoms with E-state index < -0.39 is 0 Å². The fourth-order valence-corrected chi connectivity index (χ4v) is 1.88. The summed E-state index contributed by atoms with van der Waals surface area (Å²) in [5, 5.41) is 12.5. The van der Waals surface area contributed by atoms with Gasteiger partial charge in [0.25, 0.3) is 0 Å². The summed E-state index contributed by atoms with van der Waals surface area (Å²) in [6.45, 7) is 1.48. The number of aromatic hydroxyl groups is 1. The number of hydrogen-bond acceptors (Lipinski definition) is 3. The summed E-state index contributed by atoms with van der Waals surface area (Å²) in [5.74, 6) is 0.294. The quantitative estimate of drug-likeness (QED) is 0.852. The number of rotatable bonds is 4. The highest BCUT2D eigenvalue weighted by Gasteiger charge is 1.96. The highest BCUT2D eigenvalue weighted by Crippen LogP contribution is 2.10. The monoisotopic (exact) mass is 292 g/mol. The largest absolute Gasteiger partial charge is 0.508 e. The first-order valence-corrected chi connectivity index (χ1v) is 6.13. The molecule has 0 saturated heterocycles. The third kappa shape index (κ3) is 3.84. The number of hydrogen-bond donors (Lipinski definition) is 2. The zero-order chi connectivity index (χ0) is 12.1. The summed E-state index contributed by atoms with van der Waals surface area (Å²) in [6, 6.07) is 13.0. The van der Waals surface area contributed by atoms with Crippen LogP contribution in [0.15, 0.2) is 47.1 Å². The fourth-order valence-electron chi connectivity index (χ4n) is 1.50. The van der Waals surface area contributed by atoms with Crippen molar-refractivity contribution in [2.45, 2.75) is 13.1 Å². The van der Waals surface area contributed by atoms with E-state index in [4.69, 9.17) is 5.11 Å². The topological polar surface area (TPSA) is 45.1 Å². The molecule has 1 aromatic carbocycles. The van der Waals surface area contributed by atoms with Crippen LogP contribution in [0, 0.1) is 0 Å². The highest BCUT2D eigenvalue weighted by molar-refractivity contribution is 9.10. The molecule has 0 amide bonds. The van der Waals surface area contributed by atoms with Crippen LogP contribution in [0.4, 0.5) is 0 Å². The van der Waals surface area contributed by atoms with Crippen molar-refractivity contribution < 1.29 is 5.11 Å². The van der Waals surface area contributed by atoms with Crippen molar-refractivity contribution in [2.24, 2.45) is 0 Å². The minimum atomic E-state index is 0.294. The smallest absolute Gasteiger partial charge is 0.115 e. The lowest BCUT2D eigenvalue weighted by Crippen LogP contribution is -2.13. The summed E-state index contributed by atoms with van der Waals surface area (Å²) < 4.78 is 0.849. The van der Waals surface area contributed by atoms with Crippen molar-refractivity contribution in [2.75, 3.05) is 0 Å². The maximum atomic E-state index is 9.16. The van der Waals surface area contributed by atoms with Gasteiger partial charge in [0, 0.05) is 13.1 Å². The van der Waals surface area contributed by atoms with Crippen molar-refractivity contribution in [1.29, 1.82) is 0 Å². The summed E-state index contributed by atoms with van der Waals surface area (Å²) >= 11 is 3.34. The van der Waals surface area contributed by atoms with E-state index in [1.165, 1.54) is 0 Å². The average molecular weight is 293 g/mol. The van der Waals surface area contributed by atoms with Gasteiger partial charge >= 0.3 is 0 Å². The Morgan fingerprint density at radius 1 is 1.06 bits per heavy atom. The number of phenolic OH excluding ortho intramolecular Hbond substituents is 1. The van der Waals surface area contributed by atoms with Crippen molar-refractivity contribution >= 4 is 15.9 Å². The summed E-state index contributed by atoms with van der Waals surface area (Å²) in [5.41, 5.74) is 2.14. The van der Waals surface area contributed by atoms with E-state index in [0.29, 0.717) is 5.75 Å². The van der Waals surface area contributed by atoms with Gasteiger partial charge in [-0.2, -0.15) is 0 Å². The summed E-state index contributed by atoms with van der Waals surface area (Å²) in [7, 11) is 0. The second-order valence-electron chi connectivity index (χ2n) is 3.72.